The van der Waals surface area contributed by atoms with E-state index in [2.05, 4.69) is 43.4 Å². The van der Waals surface area contributed by atoms with Crippen LogP contribution in [-0.2, 0) is 17.6 Å². The first-order valence-corrected chi connectivity index (χ1v) is 12.4. The Hall–Kier alpha value is -2.36. The molecule has 1 unspecified atom stereocenters. The van der Waals surface area contributed by atoms with Crippen LogP contribution in [0, 0.1) is 11.8 Å². The smallest absolute Gasteiger partial charge is 0.269 e. The van der Waals surface area contributed by atoms with Crippen LogP contribution in [-0.4, -0.2) is 25.8 Å². The summed E-state index contributed by atoms with van der Waals surface area (Å²) in [4.78, 5) is 18.0. The lowest BCUT2D eigenvalue weighted by molar-refractivity contribution is -0.117. The predicted molar refractivity (Wildman–Crippen MR) is 131 cm³/mol. The monoisotopic (exact) mass is 434 g/mol. The Bertz CT molecular complexity index is 944. The number of benzene rings is 1. The summed E-state index contributed by atoms with van der Waals surface area (Å²) >= 11 is 0. The molecule has 172 valence electrons. The van der Waals surface area contributed by atoms with Gasteiger partial charge in [-0.05, 0) is 104 Å². The minimum atomic E-state index is -0.0334. The fourth-order valence-electron chi connectivity index (χ4n) is 5.68. The maximum absolute atomic E-state index is 12.9. The number of fused-ring (bicyclic) bond motifs is 4. The fraction of sp³-hybridized carbons (Fsp3) is 0.571. The zero-order chi connectivity index (χ0) is 22.7. The number of nitrogens with one attached hydrogen (secondary N) is 1. The third-order valence-corrected chi connectivity index (χ3v) is 7.29. The van der Waals surface area contributed by atoms with Gasteiger partial charge in [-0.1, -0.05) is 32.1 Å². The van der Waals surface area contributed by atoms with Crippen molar-refractivity contribution < 1.29 is 9.53 Å². The quantitative estimate of drug-likeness (QED) is 0.586. The molecule has 0 saturated heterocycles. The molecule has 4 nitrogen and oxygen atoms in total. The molecule has 2 aliphatic carbocycles. The molecule has 1 aromatic rings. The Kier molecular flexibility index (Phi) is 7.17. The van der Waals surface area contributed by atoms with Crippen molar-refractivity contribution >= 4 is 11.6 Å². The van der Waals surface area contributed by atoms with E-state index in [-0.39, 0.29) is 5.91 Å². The number of rotatable bonds is 5. The van der Waals surface area contributed by atoms with Crippen molar-refractivity contribution in [3.63, 3.8) is 0 Å². The number of aryl methyl sites for hydroxylation is 1. The van der Waals surface area contributed by atoms with Crippen molar-refractivity contribution in [2.45, 2.75) is 77.6 Å². The number of nitrogens with zero attached hydrogens (tertiary/aromatic N) is 1. The first kappa shape index (κ1) is 22.8. The maximum Gasteiger partial charge on any atom is 0.269 e. The zero-order valence-corrected chi connectivity index (χ0v) is 20.2. The topological polar surface area (TPSA) is 50.7 Å². The minimum absolute atomic E-state index is 0.0334. The number of ether oxygens (including phenoxy) is 1. The molecule has 0 fully saturated rings. The number of aliphatic imine (C=N–C) groups is 1. The molecular formula is C28H38N2O2. The van der Waals surface area contributed by atoms with Crippen LogP contribution < -0.4 is 10.1 Å². The molecule has 0 aromatic heterocycles. The van der Waals surface area contributed by atoms with E-state index in [4.69, 9.17) is 9.73 Å². The molecule has 3 aliphatic rings. The summed E-state index contributed by atoms with van der Waals surface area (Å²) in [5.74, 6) is 2.40. The molecule has 4 heteroatoms. The minimum Gasteiger partial charge on any atom is -0.496 e. The molecule has 1 atom stereocenters. The molecule has 0 radical (unpaired) electrons. The van der Waals surface area contributed by atoms with Crippen molar-refractivity contribution in [2.24, 2.45) is 16.8 Å². The Balaban J connectivity index is 1.78. The van der Waals surface area contributed by atoms with Gasteiger partial charge in [-0.3, -0.25) is 9.79 Å². The highest BCUT2D eigenvalue weighted by molar-refractivity contribution is 5.99. The van der Waals surface area contributed by atoms with Gasteiger partial charge in [0.1, 0.15) is 11.4 Å². The maximum atomic E-state index is 12.9. The predicted octanol–water partition coefficient (Wildman–Crippen LogP) is 5.90. The van der Waals surface area contributed by atoms with Crippen molar-refractivity contribution in [2.75, 3.05) is 14.2 Å². The molecular weight excluding hydrogens is 396 g/mol. The van der Waals surface area contributed by atoms with Crippen LogP contribution in [0.3, 0.4) is 0 Å². The standard InChI is InChI=1S/C28H38N2O2/c1-18(2)13-23-15-24-20(17-26(23)32-4)11-12-21-14-22(24)16-25(30-27(21)28(31)29-3)19-9-7-5-6-8-10-19/h5-6,15,17-19,22H,7-14,16H2,1-4H3,(H,29,31). The van der Waals surface area contributed by atoms with Crippen molar-refractivity contribution in [1.82, 2.24) is 5.32 Å². The molecule has 2 bridgehead atoms. The highest BCUT2D eigenvalue weighted by atomic mass is 16.5. The molecule has 1 aromatic carbocycles. The second kappa shape index (κ2) is 10.1. The SMILES string of the molecule is CNC(=O)C1=C2CCc3cc(OC)c(CC(C)C)cc3C(CC(C3CCC=CCC3)=N1)C2. The van der Waals surface area contributed by atoms with E-state index in [9.17, 15) is 4.79 Å². The van der Waals surface area contributed by atoms with Gasteiger partial charge >= 0.3 is 0 Å². The second-order valence-corrected chi connectivity index (χ2v) is 10.0. The third kappa shape index (κ3) is 4.84. The van der Waals surface area contributed by atoms with E-state index in [1.165, 1.54) is 28.0 Å². The fourth-order valence-corrected chi connectivity index (χ4v) is 5.68. The average molecular weight is 435 g/mol. The van der Waals surface area contributed by atoms with Gasteiger partial charge in [-0.25, -0.2) is 0 Å². The number of methoxy groups -OCH3 is 1. The normalized spacial score (nSPS) is 21.4. The molecule has 1 aliphatic heterocycles. The Morgan fingerprint density at radius 3 is 2.53 bits per heavy atom. The summed E-state index contributed by atoms with van der Waals surface area (Å²) in [6.07, 6.45) is 13.8. The molecule has 32 heavy (non-hydrogen) atoms. The Morgan fingerprint density at radius 1 is 1.12 bits per heavy atom. The van der Waals surface area contributed by atoms with Crippen molar-refractivity contribution in [3.05, 3.63) is 52.2 Å². The van der Waals surface area contributed by atoms with Gasteiger partial charge < -0.3 is 10.1 Å². The number of allylic oxidation sites excluding steroid dienone is 3. The number of carbonyl (C=O) groups is 1. The van der Waals surface area contributed by atoms with E-state index in [1.54, 1.807) is 14.2 Å². The van der Waals surface area contributed by atoms with Crippen molar-refractivity contribution in [1.29, 1.82) is 0 Å². The van der Waals surface area contributed by atoms with E-state index < -0.39 is 0 Å². The number of hydrogen-bond donors (Lipinski definition) is 1. The van der Waals surface area contributed by atoms with E-state index >= 15 is 0 Å². The molecule has 0 spiro atoms. The van der Waals surface area contributed by atoms with Gasteiger partial charge in [0.25, 0.3) is 5.91 Å². The van der Waals surface area contributed by atoms with E-state index in [0.717, 1.165) is 63.5 Å². The Labute approximate surface area is 193 Å². The summed E-state index contributed by atoms with van der Waals surface area (Å²) in [6.45, 7) is 4.52. The first-order valence-electron chi connectivity index (χ1n) is 12.4. The van der Waals surface area contributed by atoms with Crippen LogP contribution in [0.5, 0.6) is 5.75 Å². The van der Waals surface area contributed by atoms with Crippen LogP contribution in [0.15, 0.2) is 40.5 Å². The number of amides is 1. The van der Waals surface area contributed by atoms with Gasteiger partial charge in [0, 0.05) is 12.8 Å². The molecule has 4 rings (SSSR count). The van der Waals surface area contributed by atoms with Gasteiger partial charge in [-0.2, -0.15) is 0 Å². The average Bonchev–Trinajstić information content (AvgIpc) is 3.23. The number of hydrogen-bond acceptors (Lipinski definition) is 3. The molecule has 1 heterocycles. The van der Waals surface area contributed by atoms with Crippen molar-refractivity contribution in [3.8, 4) is 5.75 Å². The van der Waals surface area contributed by atoms with Crippen LogP contribution >= 0.6 is 0 Å². The molecule has 0 saturated carbocycles. The Morgan fingerprint density at radius 2 is 1.88 bits per heavy atom. The van der Waals surface area contributed by atoms with Crippen LogP contribution in [0.25, 0.3) is 0 Å². The summed E-state index contributed by atoms with van der Waals surface area (Å²) < 4.78 is 5.79. The first-order chi connectivity index (χ1) is 15.5. The summed E-state index contributed by atoms with van der Waals surface area (Å²) in [5, 5.41) is 2.86. The zero-order valence-electron chi connectivity index (χ0n) is 20.2. The van der Waals surface area contributed by atoms with Crippen LogP contribution in [0.2, 0.25) is 0 Å². The number of likely N-dealkylation sites (N-methyl/N-ethyl adjacent to an activating group) is 1. The molecule has 1 N–H and O–H groups in total. The lowest BCUT2D eigenvalue weighted by Gasteiger charge is -2.24. The van der Waals surface area contributed by atoms with E-state index in [0.29, 0.717) is 23.5 Å². The summed E-state index contributed by atoms with van der Waals surface area (Å²) in [6, 6.07) is 4.69. The van der Waals surface area contributed by atoms with E-state index in [1.807, 2.05) is 0 Å². The second-order valence-electron chi connectivity index (χ2n) is 10.0. The van der Waals surface area contributed by atoms with Gasteiger partial charge in [0.15, 0.2) is 0 Å². The lowest BCUT2D eigenvalue weighted by atomic mass is 9.82. The lowest BCUT2D eigenvalue weighted by Crippen LogP contribution is -2.22. The van der Waals surface area contributed by atoms with Crippen LogP contribution in [0.1, 0.15) is 81.4 Å². The highest BCUT2D eigenvalue weighted by Gasteiger charge is 2.32. The van der Waals surface area contributed by atoms with Gasteiger partial charge in [-0.15, -0.1) is 0 Å². The van der Waals surface area contributed by atoms with Gasteiger partial charge in [0.2, 0.25) is 0 Å². The third-order valence-electron chi connectivity index (χ3n) is 7.29. The summed E-state index contributed by atoms with van der Waals surface area (Å²) in [5.41, 5.74) is 7.28. The largest absolute Gasteiger partial charge is 0.496 e. The van der Waals surface area contributed by atoms with Gasteiger partial charge in [0.05, 0.1) is 7.11 Å². The summed E-state index contributed by atoms with van der Waals surface area (Å²) in [7, 11) is 3.50. The van der Waals surface area contributed by atoms with Crippen LogP contribution in [0.4, 0.5) is 0 Å². The number of carbonyl (C=O) groups excluding carboxylic acids is 1. The highest BCUT2D eigenvalue weighted by Crippen LogP contribution is 2.43. The molecule has 1 amide bonds.